The summed E-state index contributed by atoms with van der Waals surface area (Å²) in [5.41, 5.74) is 0. The number of thiophene rings is 1. The molecule has 0 atom stereocenters. The third-order valence-corrected chi connectivity index (χ3v) is 3.13. The van der Waals surface area contributed by atoms with Gasteiger partial charge in [-0.15, -0.1) is 22.9 Å². The van der Waals surface area contributed by atoms with Gasteiger partial charge in [0.15, 0.2) is 5.82 Å². The van der Waals surface area contributed by atoms with E-state index in [1.165, 1.54) is 11.8 Å². The summed E-state index contributed by atoms with van der Waals surface area (Å²) in [7, 11) is 0. The van der Waals surface area contributed by atoms with Crippen LogP contribution in [0, 0.1) is 12.3 Å². The zero-order valence-electron chi connectivity index (χ0n) is 7.23. The molecule has 0 saturated heterocycles. The summed E-state index contributed by atoms with van der Waals surface area (Å²) in [6, 6.07) is 3.98. The highest BCUT2D eigenvalue weighted by molar-refractivity contribution is 7.99. The first-order valence-electron chi connectivity index (χ1n) is 3.92. The highest BCUT2D eigenvalue weighted by atomic mass is 32.2. The maximum atomic E-state index is 5.14. The average molecular weight is 221 g/mol. The topological polar surface area (TPSA) is 41.6 Å². The Bertz CT molecular complexity index is 439. The molecule has 0 aromatic carbocycles. The van der Waals surface area contributed by atoms with Gasteiger partial charge in [-0.25, -0.2) is 4.98 Å². The van der Waals surface area contributed by atoms with Crippen molar-refractivity contribution in [1.29, 1.82) is 0 Å². The molecule has 5 heteroatoms. The van der Waals surface area contributed by atoms with Gasteiger partial charge in [0, 0.05) is 0 Å². The zero-order chi connectivity index (χ0) is 9.80. The summed E-state index contributed by atoms with van der Waals surface area (Å²) in [6.07, 6.45) is 5.14. The molecule has 0 amide bonds. The van der Waals surface area contributed by atoms with E-state index in [4.69, 9.17) is 6.42 Å². The van der Waals surface area contributed by atoms with E-state index < -0.39 is 0 Å². The smallest absolute Gasteiger partial charge is 0.209 e. The molecule has 0 spiro atoms. The molecule has 0 bridgehead atoms. The van der Waals surface area contributed by atoms with Gasteiger partial charge in [-0.3, -0.25) is 5.10 Å². The molecule has 70 valence electrons. The van der Waals surface area contributed by atoms with Crippen LogP contribution in [0.5, 0.6) is 0 Å². The van der Waals surface area contributed by atoms with E-state index in [1.54, 1.807) is 11.3 Å². The molecule has 0 aliphatic heterocycles. The number of H-pyrrole nitrogens is 1. The van der Waals surface area contributed by atoms with Gasteiger partial charge >= 0.3 is 0 Å². The molecule has 3 nitrogen and oxygen atoms in total. The van der Waals surface area contributed by atoms with Crippen molar-refractivity contribution in [3.8, 4) is 23.0 Å². The minimum atomic E-state index is 0.599. The maximum Gasteiger partial charge on any atom is 0.209 e. The van der Waals surface area contributed by atoms with Crippen molar-refractivity contribution in [2.75, 3.05) is 5.75 Å². The van der Waals surface area contributed by atoms with E-state index in [0.29, 0.717) is 10.9 Å². The highest BCUT2D eigenvalue weighted by Gasteiger charge is 2.05. The number of aromatic amines is 1. The first kappa shape index (κ1) is 9.31. The molecular weight excluding hydrogens is 214 g/mol. The predicted molar refractivity (Wildman–Crippen MR) is 59.3 cm³/mol. The fourth-order valence-electron chi connectivity index (χ4n) is 0.941. The standard InChI is InChI=1S/C9H7N3S2/c1-2-5-14-9-10-8(11-12-9)7-4-3-6-13-7/h1,3-4,6H,5H2,(H,10,11,12). The molecule has 2 aromatic heterocycles. The monoisotopic (exact) mass is 221 g/mol. The summed E-state index contributed by atoms with van der Waals surface area (Å²) in [5.74, 6) is 3.94. The quantitative estimate of drug-likeness (QED) is 0.638. The molecule has 14 heavy (non-hydrogen) atoms. The van der Waals surface area contributed by atoms with Gasteiger partial charge < -0.3 is 0 Å². The molecule has 1 N–H and O–H groups in total. The van der Waals surface area contributed by atoms with Crippen molar-refractivity contribution < 1.29 is 0 Å². The largest absolute Gasteiger partial charge is 0.257 e. The summed E-state index contributed by atoms with van der Waals surface area (Å²) in [4.78, 5) is 5.39. The van der Waals surface area contributed by atoms with Gasteiger partial charge in [0.2, 0.25) is 5.16 Å². The minimum Gasteiger partial charge on any atom is -0.257 e. The molecular formula is C9H7N3S2. The summed E-state index contributed by atoms with van der Waals surface area (Å²) in [6.45, 7) is 0. The van der Waals surface area contributed by atoms with Crippen molar-refractivity contribution in [2.24, 2.45) is 0 Å². The molecule has 0 saturated carbocycles. The van der Waals surface area contributed by atoms with E-state index in [2.05, 4.69) is 21.1 Å². The molecule has 0 aliphatic carbocycles. The van der Waals surface area contributed by atoms with Crippen LogP contribution < -0.4 is 0 Å². The summed E-state index contributed by atoms with van der Waals surface area (Å²) >= 11 is 3.08. The Balaban J connectivity index is 2.15. The van der Waals surface area contributed by atoms with E-state index in [0.717, 1.165) is 10.7 Å². The molecule has 0 unspecified atom stereocenters. The second kappa shape index (κ2) is 4.31. The Labute approximate surface area is 90.0 Å². The Kier molecular flexibility index (Phi) is 2.87. The lowest BCUT2D eigenvalue weighted by Gasteiger charge is -1.86. The number of hydrogen-bond donors (Lipinski definition) is 1. The van der Waals surface area contributed by atoms with Crippen LogP contribution >= 0.6 is 23.1 Å². The van der Waals surface area contributed by atoms with E-state index in [9.17, 15) is 0 Å². The molecule has 0 fully saturated rings. The normalized spacial score (nSPS) is 9.93. The van der Waals surface area contributed by atoms with Crippen LogP contribution in [0.3, 0.4) is 0 Å². The van der Waals surface area contributed by atoms with Crippen LogP contribution in [0.4, 0.5) is 0 Å². The maximum absolute atomic E-state index is 5.14. The van der Waals surface area contributed by atoms with Crippen molar-refractivity contribution in [1.82, 2.24) is 15.2 Å². The number of hydrogen-bond acceptors (Lipinski definition) is 4. The van der Waals surface area contributed by atoms with Crippen LogP contribution in [-0.2, 0) is 0 Å². The minimum absolute atomic E-state index is 0.599. The zero-order valence-corrected chi connectivity index (χ0v) is 8.86. The second-order valence-corrected chi connectivity index (χ2v) is 4.33. The predicted octanol–water partition coefficient (Wildman–Crippen LogP) is 2.26. The SMILES string of the molecule is C#CCSc1n[nH]c(-c2cccs2)n1. The number of rotatable bonds is 3. The van der Waals surface area contributed by atoms with Gasteiger partial charge in [-0.05, 0) is 11.4 Å². The van der Waals surface area contributed by atoms with E-state index in [1.807, 2.05) is 17.5 Å². The number of thioether (sulfide) groups is 1. The van der Waals surface area contributed by atoms with Crippen LogP contribution in [0.1, 0.15) is 0 Å². The summed E-state index contributed by atoms with van der Waals surface area (Å²) in [5, 5.41) is 9.63. The molecule has 2 heterocycles. The van der Waals surface area contributed by atoms with Crippen molar-refractivity contribution in [2.45, 2.75) is 5.16 Å². The fraction of sp³-hybridized carbons (Fsp3) is 0.111. The van der Waals surface area contributed by atoms with Crippen LogP contribution in [-0.4, -0.2) is 20.9 Å². The van der Waals surface area contributed by atoms with E-state index >= 15 is 0 Å². The van der Waals surface area contributed by atoms with Crippen molar-refractivity contribution >= 4 is 23.1 Å². The third-order valence-electron chi connectivity index (χ3n) is 1.50. The third kappa shape index (κ3) is 1.97. The number of terminal acetylenes is 1. The Morgan fingerprint density at radius 1 is 1.64 bits per heavy atom. The number of nitrogens with zero attached hydrogens (tertiary/aromatic N) is 2. The van der Waals surface area contributed by atoms with Crippen LogP contribution in [0.25, 0.3) is 10.7 Å². The average Bonchev–Trinajstić information content (AvgIpc) is 2.85. The van der Waals surface area contributed by atoms with Gasteiger partial charge in [0.25, 0.3) is 0 Å². The number of nitrogens with one attached hydrogen (secondary N) is 1. The van der Waals surface area contributed by atoms with Gasteiger partial charge in [0.05, 0.1) is 10.6 Å². The molecule has 0 aliphatic rings. The summed E-state index contributed by atoms with van der Waals surface area (Å²) < 4.78 is 0. The van der Waals surface area contributed by atoms with Crippen LogP contribution in [0.15, 0.2) is 22.7 Å². The lowest BCUT2D eigenvalue weighted by atomic mass is 10.4. The van der Waals surface area contributed by atoms with Gasteiger partial charge in [-0.1, -0.05) is 23.7 Å². The first-order chi connectivity index (χ1) is 6.90. The van der Waals surface area contributed by atoms with E-state index in [-0.39, 0.29) is 0 Å². The van der Waals surface area contributed by atoms with Gasteiger partial charge in [0.1, 0.15) is 0 Å². The Hall–Kier alpha value is -1.25. The van der Waals surface area contributed by atoms with Crippen molar-refractivity contribution in [3.63, 3.8) is 0 Å². The highest BCUT2D eigenvalue weighted by Crippen LogP contribution is 2.22. The van der Waals surface area contributed by atoms with Crippen molar-refractivity contribution in [3.05, 3.63) is 17.5 Å². The van der Waals surface area contributed by atoms with Gasteiger partial charge in [-0.2, -0.15) is 0 Å². The first-order valence-corrected chi connectivity index (χ1v) is 5.79. The number of aromatic nitrogens is 3. The van der Waals surface area contributed by atoms with Crippen LogP contribution in [0.2, 0.25) is 0 Å². The molecule has 2 rings (SSSR count). The Morgan fingerprint density at radius 2 is 2.57 bits per heavy atom. The fourth-order valence-corrected chi connectivity index (χ4v) is 2.08. The molecule has 2 aromatic rings. The lowest BCUT2D eigenvalue weighted by molar-refractivity contribution is 0.976. The second-order valence-electron chi connectivity index (χ2n) is 2.44. The molecule has 0 radical (unpaired) electrons. The Morgan fingerprint density at radius 3 is 3.29 bits per heavy atom. The lowest BCUT2D eigenvalue weighted by Crippen LogP contribution is -1.76.